The van der Waals surface area contributed by atoms with E-state index in [1.807, 2.05) is 12.1 Å². The molecule has 0 fully saturated rings. The number of rotatable bonds is 2. The smallest absolute Gasteiger partial charge is 0.273 e. The van der Waals surface area contributed by atoms with Gasteiger partial charge in [0.05, 0.1) is 0 Å². The van der Waals surface area contributed by atoms with Crippen LogP contribution in [-0.4, -0.2) is 11.1 Å². The number of aryl methyl sites for hydroxylation is 1. The van der Waals surface area contributed by atoms with E-state index in [0.29, 0.717) is 5.69 Å². The highest BCUT2D eigenvalue weighted by Gasteiger charge is 2.10. The van der Waals surface area contributed by atoms with Crippen molar-refractivity contribution in [2.75, 3.05) is 11.9 Å². The summed E-state index contributed by atoms with van der Waals surface area (Å²) in [5, 5.41) is 3.16. The van der Waals surface area contributed by atoms with Crippen molar-refractivity contribution in [1.29, 1.82) is 0 Å². The monoisotopic (exact) mass is 194 g/mol. The zero-order valence-corrected chi connectivity index (χ0v) is 9.29. The lowest BCUT2D eigenvalue weighted by atomic mass is 9.97. The number of nitrogens with zero attached hydrogens (tertiary/aromatic N) is 1. The zero-order valence-electron chi connectivity index (χ0n) is 9.29. The molecule has 0 spiro atoms. The third-order valence-corrected chi connectivity index (χ3v) is 1.93. The van der Waals surface area contributed by atoms with Gasteiger partial charge in [-0.25, -0.2) is 0 Å². The highest BCUT2D eigenvalue weighted by molar-refractivity contribution is 5.40. The second kappa shape index (κ2) is 3.86. The minimum absolute atomic E-state index is 0.0248. The van der Waals surface area contributed by atoms with E-state index in [1.165, 1.54) is 0 Å². The molecule has 78 valence electrons. The average molecular weight is 194 g/mol. The quantitative estimate of drug-likeness (QED) is 0.779. The fraction of sp³-hybridized carbons (Fsp3) is 0.545. The highest BCUT2D eigenvalue weighted by atomic mass is 16.1. The summed E-state index contributed by atoms with van der Waals surface area (Å²) in [5.41, 5.74) is 0.877. The van der Waals surface area contributed by atoms with E-state index < -0.39 is 0 Å². The fourth-order valence-corrected chi connectivity index (χ4v) is 1.09. The Bertz CT molecular complexity index is 360. The largest absolute Gasteiger partial charge is 0.380 e. The second-order valence-electron chi connectivity index (χ2n) is 4.75. The van der Waals surface area contributed by atoms with Crippen LogP contribution in [0.1, 0.15) is 20.8 Å². The first kappa shape index (κ1) is 10.8. The van der Waals surface area contributed by atoms with Gasteiger partial charge >= 0.3 is 0 Å². The van der Waals surface area contributed by atoms with Crippen LogP contribution in [0.2, 0.25) is 0 Å². The minimum atomic E-state index is 0.0248. The molecule has 0 bridgehead atoms. The molecule has 0 aliphatic heterocycles. The van der Waals surface area contributed by atoms with Crippen molar-refractivity contribution in [3.05, 3.63) is 28.7 Å². The van der Waals surface area contributed by atoms with E-state index in [-0.39, 0.29) is 11.0 Å². The zero-order chi connectivity index (χ0) is 10.8. The molecule has 0 aromatic carbocycles. The lowest BCUT2D eigenvalue weighted by Crippen LogP contribution is -2.25. The average Bonchev–Trinajstić information content (AvgIpc) is 2.06. The Hall–Kier alpha value is -1.25. The van der Waals surface area contributed by atoms with Crippen LogP contribution in [0.3, 0.4) is 0 Å². The van der Waals surface area contributed by atoms with E-state index in [2.05, 4.69) is 26.1 Å². The SMILES string of the molecule is Cn1cccc(NCC(C)(C)C)c1=O. The summed E-state index contributed by atoms with van der Waals surface area (Å²) in [5.74, 6) is 0. The number of anilines is 1. The molecule has 1 aromatic heterocycles. The first-order valence-electron chi connectivity index (χ1n) is 4.80. The van der Waals surface area contributed by atoms with Crippen LogP contribution in [0.15, 0.2) is 23.1 Å². The predicted molar refractivity (Wildman–Crippen MR) is 59.6 cm³/mol. The molecule has 0 saturated heterocycles. The third-order valence-electron chi connectivity index (χ3n) is 1.93. The molecule has 1 aromatic rings. The van der Waals surface area contributed by atoms with Crippen LogP contribution in [0.4, 0.5) is 5.69 Å². The molecular formula is C11H18N2O. The third kappa shape index (κ3) is 2.91. The van der Waals surface area contributed by atoms with Crippen LogP contribution in [-0.2, 0) is 7.05 Å². The highest BCUT2D eigenvalue weighted by Crippen LogP contribution is 2.13. The Kier molecular flexibility index (Phi) is 2.99. The molecule has 3 nitrogen and oxygen atoms in total. The summed E-state index contributed by atoms with van der Waals surface area (Å²) in [6, 6.07) is 3.68. The normalized spacial score (nSPS) is 11.4. The van der Waals surface area contributed by atoms with Gasteiger partial charge in [-0.3, -0.25) is 4.79 Å². The van der Waals surface area contributed by atoms with E-state index in [4.69, 9.17) is 0 Å². The molecule has 0 saturated carbocycles. The first-order valence-corrected chi connectivity index (χ1v) is 4.80. The van der Waals surface area contributed by atoms with Crippen LogP contribution in [0.25, 0.3) is 0 Å². The first-order chi connectivity index (χ1) is 6.40. The summed E-state index contributed by atoms with van der Waals surface area (Å²) in [7, 11) is 1.75. The van der Waals surface area contributed by atoms with Gasteiger partial charge in [-0.05, 0) is 17.5 Å². The molecule has 0 amide bonds. The van der Waals surface area contributed by atoms with E-state index in [1.54, 1.807) is 17.8 Å². The van der Waals surface area contributed by atoms with Gasteiger partial charge in [0.1, 0.15) is 5.69 Å². The van der Waals surface area contributed by atoms with Crippen molar-refractivity contribution in [2.24, 2.45) is 12.5 Å². The van der Waals surface area contributed by atoms with Crippen LogP contribution >= 0.6 is 0 Å². The van der Waals surface area contributed by atoms with Gasteiger partial charge in [0.2, 0.25) is 0 Å². The fourth-order valence-electron chi connectivity index (χ4n) is 1.09. The van der Waals surface area contributed by atoms with Gasteiger partial charge in [0.25, 0.3) is 5.56 Å². The van der Waals surface area contributed by atoms with Crippen molar-refractivity contribution < 1.29 is 0 Å². The van der Waals surface area contributed by atoms with Gasteiger partial charge in [0.15, 0.2) is 0 Å². The molecule has 0 atom stereocenters. The Labute approximate surface area is 84.8 Å². The lowest BCUT2D eigenvalue weighted by Gasteiger charge is -2.19. The number of pyridine rings is 1. The van der Waals surface area contributed by atoms with Gasteiger partial charge in [-0.2, -0.15) is 0 Å². The summed E-state index contributed by atoms with van der Waals surface area (Å²) >= 11 is 0. The van der Waals surface area contributed by atoms with Crippen molar-refractivity contribution in [1.82, 2.24) is 4.57 Å². The van der Waals surface area contributed by atoms with Crippen LogP contribution in [0.5, 0.6) is 0 Å². The number of nitrogens with one attached hydrogen (secondary N) is 1. The maximum Gasteiger partial charge on any atom is 0.273 e. The lowest BCUT2D eigenvalue weighted by molar-refractivity contribution is 0.442. The second-order valence-corrected chi connectivity index (χ2v) is 4.75. The van der Waals surface area contributed by atoms with Gasteiger partial charge < -0.3 is 9.88 Å². The molecule has 0 aliphatic rings. The van der Waals surface area contributed by atoms with Crippen molar-refractivity contribution in [3.8, 4) is 0 Å². The van der Waals surface area contributed by atoms with Crippen molar-refractivity contribution >= 4 is 5.69 Å². The molecule has 0 unspecified atom stereocenters. The molecule has 1 heterocycles. The Morgan fingerprint density at radius 3 is 2.64 bits per heavy atom. The Balaban J connectivity index is 2.78. The van der Waals surface area contributed by atoms with Gasteiger partial charge in [-0.15, -0.1) is 0 Å². The predicted octanol–water partition coefficient (Wildman–Crippen LogP) is 1.84. The summed E-state index contributed by atoms with van der Waals surface area (Å²) in [4.78, 5) is 11.6. The van der Waals surface area contributed by atoms with E-state index >= 15 is 0 Å². The summed E-state index contributed by atoms with van der Waals surface area (Å²) < 4.78 is 1.57. The molecule has 1 N–H and O–H groups in total. The summed E-state index contributed by atoms with van der Waals surface area (Å²) in [6.45, 7) is 7.19. The maximum atomic E-state index is 11.6. The Morgan fingerprint density at radius 1 is 1.43 bits per heavy atom. The molecule has 3 heteroatoms. The van der Waals surface area contributed by atoms with Gasteiger partial charge in [-0.1, -0.05) is 20.8 Å². The number of hydrogen-bond donors (Lipinski definition) is 1. The molecule has 0 radical (unpaired) electrons. The van der Waals surface area contributed by atoms with Gasteiger partial charge in [0, 0.05) is 19.8 Å². The molecule has 1 rings (SSSR count). The Morgan fingerprint density at radius 2 is 2.07 bits per heavy atom. The minimum Gasteiger partial charge on any atom is -0.380 e. The summed E-state index contributed by atoms with van der Waals surface area (Å²) in [6.07, 6.45) is 1.75. The number of aromatic nitrogens is 1. The topological polar surface area (TPSA) is 34.0 Å². The number of hydrogen-bond acceptors (Lipinski definition) is 2. The van der Waals surface area contributed by atoms with E-state index in [0.717, 1.165) is 6.54 Å². The molecule has 0 aliphatic carbocycles. The van der Waals surface area contributed by atoms with Crippen LogP contribution in [0, 0.1) is 5.41 Å². The van der Waals surface area contributed by atoms with E-state index in [9.17, 15) is 4.79 Å². The van der Waals surface area contributed by atoms with Crippen molar-refractivity contribution in [2.45, 2.75) is 20.8 Å². The maximum absolute atomic E-state index is 11.6. The standard InChI is InChI=1S/C11H18N2O/c1-11(2,3)8-12-9-6-5-7-13(4)10(9)14/h5-7,12H,8H2,1-4H3. The van der Waals surface area contributed by atoms with Crippen LogP contribution < -0.4 is 10.9 Å². The van der Waals surface area contributed by atoms with Crippen molar-refractivity contribution in [3.63, 3.8) is 0 Å². The molecular weight excluding hydrogens is 176 g/mol. The molecule has 14 heavy (non-hydrogen) atoms.